The summed E-state index contributed by atoms with van der Waals surface area (Å²) in [5.41, 5.74) is 3.64. The molecule has 10 heteroatoms. The summed E-state index contributed by atoms with van der Waals surface area (Å²) in [6, 6.07) is 13.3. The number of ether oxygens (including phenoxy) is 1. The fourth-order valence-corrected chi connectivity index (χ4v) is 2.80. The first-order valence-corrected chi connectivity index (χ1v) is 9.79. The molecule has 0 aliphatic carbocycles. The predicted octanol–water partition coefficient (Wildman–Crippen LogP) is -0.413. The van der Waals surface area contributed by atoms with Gasteiger partial charge in [-0.2, -0.15) is 14.0 Å². The molecule has 3 rings (SSSR count). The molecule has 2 aromatic carbocycles. The van der Waals surface area contributed by atoms with Gasteiger partial charge in [0.1, 0.15) is 23.6 Å². The molecular formula is C20H20ClNO8. The molecule has 3 aromatic rings. The fraction of sp³-hybridized carbons (Fsp3) is 0.200. The van der Waals surface area contributed by atoms with Crippen LogP contribution in [0.3, 0.4) is 0 Å². The molecule has 0 saturated heterocycles. The maximum Gasteiger partial charge on any atom is 0.325 e. The van der Waals surface area contributed by atoms with Crippen LogP contribution in [0.4, 0.5) is 0 Å². The van der Waals surface area contributed by atoms with Gasteiger partial charge in [-0.15, -0.1) is 0 Å². The minimum absolute atomic E-state index is 0.284. The van der Waals surface area contributed by atoms with E-state index in [9.17, 15) is 4.79 Å². The Bertz CT molecular complexity index is 1090. The normalized spacial score (nSPS) is 11.8. The molecule has 0 aliphatic heterocycles. The van der Waals surface area contributed by atoms with Crippen LogP contribution >= 0.6 is 0 Å². The zero-order valence-corrected chi connectivity index (χ0v) is 17.2. The van der Waals surface area contributed by atoms with Crippen molar-refractivity contribution in [3.05, 3.63) is 58.9 Å². The number of aryl methyl sites for hydroxylation is 2. The Labute approximate surface area is 173 Å². The minimum atomic E-state index is -4.69. The third-order valence-electron chi connectivity index (χ3n) is 3.93. The van der Waals surface area contributed by atoms with Gasteiger partial charge >= 0.3 is 5.97 Å². The SMILES string of the molecule is COc1ccc(-c2cc(=NCC(=O)O)c3cc(C)cc(C)c3o2)cc1.[O-][Cl+3]([O-])([O-])O. The van der Waals surface area contributed by atoms with E-state index >= 15 is 0 Å². The maximum atomic E-state index is 10.9. The van der Waals surface area contributed by atoms with Gasteiger partial charge < -0.3 is 14.3 Å². The van der Waals surface area contributed by atoms with Crippen molar-refractivity contribution >= 4 is 16.9 Å². The van der Waals surface area contributed by atoms with Gasteiger partial charge in [0, 0.05) is 17.0 Å². The molecule has 2 N–H and O–H groups in total. The number of hydrogen-bond donors (Lipinski definition) is 2. The number of fused-ring (bicyclic) bond motifs is 1. The second-order valence-corrected chi connectivity index (χ2v) is 7.08. The molecule has 0 aliphatic rings. The number of carbonyl (C=O) groups is 1. The van der Waals surface area contributed by atoms with Crippen molar-refractivity contribution in [2.24, 2.45) is 4.99 Å². The Kier molecular flexibility index (Phi) is 7.54. The van der Waals surface area contributed by atoms with E-state index in [1.807, 2.05) is 50.2 Å². The molecular weight excluding hydrogens is 418 g/mol. The smallest absolute Gasteiger partial charge is 0.325 e. The number of hydrogen-bond acceptors (Lipinski definition) is 8. The Balaban J connectivity index is 0.000000575. The lowest BCUT2D eigenvalue weighted by atomic mass is 10.1. The number of halogens is 1. The van der Waals surface area contributed by atoms with Crippen LogP contribution in [0.5, 0.6) is 5.75 Å². The van der Waals surface area contributed by atoms with Crippen molar-refractivity contribution in [2.75, 3.05) is 13.7 Å². The topological polar surface area (TPSA) is 161 Å². The lowest BCUT2D eigenvalue weighted by Crippen LogP contribution is -2.58. The van der Waals surface area contributed by atoms with Crippen LogP contribution in [-0.4, -0.2) is 29.4 Å². The van der Waals surface area contributed by atoms with Crippen molar-refractivity contribution in [1.29, 1.82) is 0 Å². The average Bonchev–Trinajstić information content (AvgIpc) is 2.65. The third kappa shape index (κ3) is 6.83. The summed E-state index contributed by atoms with van der Waals surface area (Å²) >= 11 is 0. The minimum Gasteiger partial charge on any atom is -0.497 e. The van der Waals surface area contributed by atoms with E-state index < -0.39 is 16.2 Å². The average molecular weight is 438 g/mol. The van der Waals surface area contributed by atoms with E-state index in [-0.39, 0.29) is 6.54 Å². The van der Waals surface area contributed by atoms with E-state index in [4.69, 9.17) is 32.9 Å². The van der Waals surface area contributed by atoms with E-state index in [0.717, 1.165) is 27.8 Å². The van der Waals surface area contributed by atoms with Crippen LogP contribution in [-0.2, 0) is 4.79 Å². The summed E-state index contributed by atoms with van der Waals surface area (Å²) in [6.45, 7) is 3.68. The molecule has 0 spiro atoms. The molecule has 160 valence electrons. The summed E-state index contributed by atoms with van der Waals surface area (Å²) in [4.78, 5) is 15.2. The van der Waals surface area contributed by atoms with Gasteiger partial charge in [-0.25, -0.2) is 0 Å². The van der Waals surface area contributed by atoms with Crippen LogP contribution in [0.2, 0.25) is 0 Å². The Hall–Kier alpha value is -2.95. The largest absolute Gasteiger partial charge is 0.497 e. The predicted molar refractivity (Wildman–Crippen MR) is 98.0 cm³/mol. The zero-order valence-electron chi connectivity index (χ0n) is 16.4. The summed E-state index contributed by atoms with van der Waals surface area (Å²) in [5, 5.41) is 10.4. The maximum absolute atomic E-state index is 10.9. The van der Waals surface area contributed by atoms with Crippen molar-refractivity contribution in [1.82, 2.24) is 0 Å². The van der Waals surface area contributed by atoms with Crippen LogP contribution in [0.15, 0.2) is 51.9 Å². The van der Waals surface area contributed by atoms with Crippen LogP contribution in [0, 0.1) is 24.1 Å². The second kappa shape index (κ2) is 9.70. The Morgan fingerprint density at radius 2 is 1.73 bits per heavy atom. The van der Waals surface area contributed by atoms with Crippen molar-refractivity contribution in [3.63, 3.8) is 0 Å². The molecule has 0 radical (unpaired) electrons. The van der Waals surface area contributed by atoms with E-state index in [2.05, 4.69) is 4.99 Å². The van der Waals surface area contributed by atoms with Crippen molar-refractivity contribution in [3.8, 4) is 17.1 Å². The zero-order chi connectivity index (χ0) is 22.5. The van der Waals surface area contributed by atoms with E-state index in [0.29, 0.717) is 16.7 Å². The first-order valence-electron chi connectivity index (χ1n) is 8.53. The molecule has 0 bridgehead atoms. The highest BCUT2D eigenvalue weighted by molar-refractivity contribution is 5.82. The quantitative estimate of drug-likeness (QED) is 0.556. The summed E-state index contributed by atoms with van der Waals surface area (Å²) < 4.78 is 44.0. The van der Waals surface area contributed by atoms with Gasteiger partial charge in [0.2, 0.25) is 0 Å². The number of benzene rings is 2. The molecule has 0 fully saturated rings. The highest BCUT2D eigenvalue weighted by atomic mass is 35.7. The van der Waals surface area contributed by atoms with E-state index in [1.54, 1.807) is 13.2 Å². The molecule has 1 heterocycles. The molecule has 0 amide bonds. The molecule has 1 aromatic heterocycles. The van der Waals surface area contributed by atoms with Gasteiger partial charge in [0.25, 0.3) is 0 Å². The second-order valence-electron chi connectivity index (χ2n) is 6.29. The molecule has 0 unspecified atom stereocenters. The summed E-state index contributed by atoms with van der Waals surface area (Å²) in [5.74, 6) is 0.419. The Morgan fingerprint density at radius 3 is 2.27 bits per heavy atom. The number of nitrogens with zero attached hydrogens (tertiary/aromatic N) is 1. The number of carboxylic acids is 1. The van der Waals surface area contributed by atoms with Gasteiger partial charge in [0.05, 0.1) is 27.4 Å². The van der Waals surface area contributed by atoms with Crippen LogP contribution < -0.4 is 24.1 Å². The van der Waals surface area contributed by atoms with Gasteiger partial charge in [-0.3, -0.25) is 9.79 Å². The molecule has 30 heavy (non-hydrogen) atoms. The molecule has 9 nitrogen and oxygen atoms in total. The van der Waals surface area contributed by atoms with Crippen LogP contribution in [0.25, 0.3) is 22.3 Å². The molecule has 0 atom stereocenters. The van der Waals surface area contributed by atoms with Gasteiger partial charge in [-0.1, -0.05) is 6.07 Å². The third-order valence-corrected chi connectivity index (χ3v) is 3.93. The highest BCUT2D eigenvalue weighted by Crippen LogP contribution is 2.26. The standard InChI is InChI=1S/C20H19NO4.ClHO4/c1-12-8-13(2)20-16(9-12)17(21-11-19(22)23)10-18(25-20)14-4-6-15(24-3)7-5-14;2-1(3,4)5/h4-10H,11H2,1-3H3,(H,22,23);(H,2,3,4,5). The first-order chi connectivity index (χ1) is 14.0. The lowest BCUT2D eigenvalue weighted by Gasteiger charge is -2.09. The number of aliphatic carboxylic acids is 1. The number of carboxylic acid groups (broad SMARTS) is 1. The Morgan fingerprint density at radius 1 is 1.13 bits per heavy atom. The van der Waals surface area contributed by atoms with E-state index in [1.165, 1.54) is 0 Å². The summed E-state index contributed by atoms with van der Waals surface area (Å²) in [6.07, 6.45) is 0. The van der Waals surface area contributed by atoms with Gasteiger partial charge in [0.15, 0.2) is 0 Å². The number of rotatable bonds is 4. The van der Waals surface area contributed by atoms with Crippen LogP contribution in [0.1, 0.15) is 11.1 Å². The van der Waals surface area contributed by atoms with Gasteiger partial charge in [-0.05, 0) is 55.3 Å². The number of methoxy groups -OCH3 is 1. The lowest BCUT2D eigenvalue weighted by molar-refractivity contribution is -1.92. The van der Waals surface area contributed by atoms with Crippen molar-refractivity contribution < 1.29 is 47.9 Å². The molecule has 0 saturated carbocycles. The fourth-order valence-electron chi connectivity index (χ4n) is 2.80. The highest BCUT2D eigenvalue weighted by Gasteiger charge is 2.09. The monoisotopic (exact) mass is 437 g/mol. The first kappa shape index (κ1) is 23.3. The van der Waals surface area contributed by atoms with Crippen molar-refractivity contribution in [2.45, 2.75) is 13.8 Å². The summed E-state index contributed by atoms with van der Waals surface area (Å²) in [7, 11) is -3.08.